The molecule has 2 heterocycles. The van der Waals surface area contributed by atoms with Crippen LogP contribution in [0.3, 0.4) is 0 Å². The average Bonchev–Trinajstić information content (AvgIpc) is 3.46. The number of nitrogens with zero attached hydrogens (tertiary/aromatic N) is 4. The monoisotopic (exact) mass is 428 g/mol. The van der Waals surface area contributed by atoms with E-state index < -0.39 is 0 Å². The van der Waals surface area contributed by atoms with Gasteiger partial charge in [-0.05, 0) is 56.9 Å². The molecule has 0 atom stereocenters. The van der Waals surface area contributed by atoms with Crippen LogP contribution in [0.15, 0.2) is 41.7 Å². The van der Waals surface area contributed by atoms with Crippen molar-refractivity contribution in [3.05, 3.63) is 47.2 Å². The van der Waals surface area contributed by atoms with Gasteiger partial charge in [0.2, 0.25) is 0 Å². The maximum Gasteiger partial charge on any atom is 0.191 e. The molecule has 0 amide bonds. The summed E-state index contributed by atoms with van der Waals surface area (Å²) in [5.74, 6) is 0.899. The number of nitrogens with one attached hydrogen (secondary N) is 2. The van der Waals surface area contributed by atoms with Crippen molar-refractivity contribution in [3.8, 4) is 5.69 Å². The fraction of sp³-hybridized carbons (Fsp3) is 0.565. The summed E-state index contributed by atoms with van der Waals surface area (Å²) in [5, 5.41) is 12.2. The molecule has 2 aliphatic rings. The van der Waals surface area contributed by atoms with Crippen LogP contribution < -0.4 is 10.6 Å². The lowest BCUT2D eigenvalue weighted by Gasteiger charge is -2.36. The maximum atomic E-state index is 5.98. The zero-order valence-corrected chi connectivity index (χ0v) is 18.6. The Morgan fingerprint density at radius 2 is 1.87 bits per heavy atom. The molecule has 2 N–H and O–H groups in total. The first kappa shape index (κ1) is 21.2. The molecule has 0 spiro atoms. The number of aromatic nitrogens is 2. The second kappa shape index (κ2) is 10.3. The van der Waals surface area contributed by atoms with Gasteiger partial charge in [-0.25, -0.2) is 9.67 Å². The smallest absolute Gasteiger partial charge is 0.191 e. The van der Waals surface area contributed by atoms with Crippen molar-refractivity contribution in [1.29, 1.82) is 0 Å². The Labute approximate surface area is 184 Å². The third kappa shape index (κ3) is 5.55. The fourth-order valence-electron chi connectivity index (χ4n) is 4.54. The number of hydrogen-bond donors (Lipinski definition) is 2. The Bertz CT molecular complexity index is 816. The van der Waals surface area contributed by atoms with E-state index in [-0.39, 0.29) is 0 Å². The van der Waals surface area contributed by atoms with Gasteiger partial charge in [-0.15, -0.1) is 0 Å². The summed E-state index contributed by atoms with van der Waals surface area (Å²) in [6, 6.07) is 9.02. The summed E-state index contributed by atoms with van der Waals surface area (Å²) >= 11 is 5.98. The largest absolute Gasteiger partial charge is 0.357 e. The zero-order valence-electron chi connectivity index (χ0n) is 17.9. The summed E-state index contributed by atoms with van der Waals surface area (Å²) < 4.78 is 1.86. The lowest BCUT2D eigenvalue weighted by molar-refractivity contribution is 0.150. The first-order chi connectivity index (χ1) is 14.7. The Kier molecular flexibility index (Phi) is 7.28. The summed E-state index contributed by atoms with van der Waals surface area (Å²) in [6.07, 6.45) is 11.9. The molecule has 0 bridgehead atoms. The van der Waals surface area contributed by atoms with Crippen molar-refractivity contribution < 1.29 is 0 Å². The van der Waals surface area contributed by atoms with Gasteiger partial charge in [-0.1, -0.05) is 24.4 Å². The lowest BCUT2D eigenvalue weighted by Crippen LogP contribution is -2.50. The minimum absolute atomic E-state index is 0.497. The minimum atomic E-state index is 0.497. The van der Waals surface area contributed by atoms with Gasteiger partial charge in [0.25, 0.3) is 0 Å². The number of piperidine rings is 1. The molecule has 1 aromatic carbocycles. The van der Waals surface area contributed by atoms with Crippen molar-refractivity contribution in [3.63, 3.8) is 0 Å². The van der Waals surface area contributed by atoms with E-state index in [9.17, 15) is 0 Å². The van der Waals surface area contributed by atoms with Crippen molar-refractivity contribution >= 4 is 17.6 Å². The molecule has 1 saturated heterocycles. The molecule has 1 saturated carbocycles. The molecule has 30 heavy (non-hydrogen) atoms. The van der Waals surface area contributed by atoms with Crippen molar-refractivity contribution in [2.24, 2.45) is 4.99 Å². The van der Waals surface area contributed by atoms with Crippen LogP contribution in [0.5, 0.6) is 0 Å². The van der Waals surface area contributed by atoms with E-state index in [1.54, 1.807) is 0 Å². The third-order valence-electron chi connectivity index (χ3n) is 6.20. The molecule has 1 aliphatic carbocycles. The number of benzene rings is 1. The molecule has 0 radical (unpaired) electrons. The van der Waals surface area contributed by atoms with Gasteiger partial charge >= 0.3 is 0 Å². The van der Waals surface area contributed by atoms with Crippen LogP contribution in [0.4, 0.5) is 0 Å². The Morgan fingerprint density at radius 3 is 2.57 bits per heavy atom. The third-order valence-corrected chi connectivity index (χ3v) is 6.45. The van der Waals surface area contributed by atoms with Crippen molar-refractivity contribution in [1.82, 2.24) is 25.3 Å². The fourth-order valence-corrected chi connectivity index (χ4v) is 4.66. The average molecular weight is 429 g/mol. The second-order valence-corrected chi connectivity index (χ2v) is 8.79. The summed E-state index contributed by atoms with van der Waals surface area (Å²) in [4.78, 5) is 7.51. The molecule has 2 fully saturated rings. The first-order valence-corrected chi connectivity index (χ1v) is 11.7. The molecular formula is C23H33ClN6. The Hall–Kier alpha value is -2.05. The Morgan fingerprint density at radius 1 is 1.13 bits per heavy atom. The quantitative estimate of drug-likeness (QED) is 0.539. The number of aliphatic imine (C=N–C) groups is 1. The van der Waals surface area contributed by atoms with Gasteiger partial charge in [0, 0.05) is 48.5 Å². The number of likely N-dealkylation sites (tertiary alicyclic amines) is 1. The van der Waals surface area contributed by atoms with Crippen LogP contribution in [-0.2, 0) is 6.54 Å². The van der Waals surface area contributed by atoms with Crippen molar-refractivity contribution in [2.75, 3.05) is 19.6 Å². The van der Waals surface area contributed by atoms with E-state index in [1.165, 1.54) is 51.6 Å². The number of hydrogen-bond acceptors (Lipinski definition) is 3. The number of halogens is 1. The number of rotatable bonds is 6. The van der Waals surface area contributed by atoms with Crippen LogP contribution in [0, 0.1) is 0 Å². The van der Waals surface area contributed by atoms with Crippen LogP contribution in [0.2, 0.25) is 5.02 Å². The van der Waals surface area contributed by atoms with Crippen molar-refractivity contribution in [2.45, 2.75) is 64.1 Å². The topological polar surface area (TPSA) is 57.5 Å². The molecule has 0 unspecified atom stereocenters. The highest BCUT2D eigenvalue weighted by Crippen LogP contribution is 2.26. The van der Waals surface area contributed by atoms with E-state index in [0.717, 1.165) is 34.8 Å². The Balaban J connectivity index is 1.31. The molecular weight excluding hydrogens is 396 g/mol. The lowest BCUT2D eigenvalue weighted by atomic mass is 10.0. The highest BCUT2D eigenvalue weighted by Gasteiger charge is 2.27. The zero-order chi connectivity index (χ0) is 20.8. The van der Waals surface area contributed by atoms with E-state index in [2.05, 4.69) is 27.6 Å². The standard InChI is InChI=1S/C23H33ClN6/c1-2-25-23(28-20-11-13-29(14-12-20)21-5-3-4-6-21)26-15-18-16-27-30(17-18)22-9-7-19(24)8-10-22/h7-10,16-17,20-21H,2-6,11-15H2,1H3,(H2,25,26,28). The predicted octanol–water partition coefficient (Wildman–Crippen LogP) is 3.99. The van der Waals surface area contributed by atoms with Gasteiger partial charge in [0.05, 0.1) is 18.4 Å². The second-order valence-electron chi connectivity index (χ2n) is 8.36. The summed E-state index contributed by atoms with van der Waals surface area (Å²) in [6.45, 7) is 5.98. The van der Waals surface area contributed by atoms with Crippen LogP contribution in [0.1, 0.15) is 51.0 Å². The van der Waals surface area contributed by atoms with Gasteiger partial charge in [-0.3, -0.25) is 0 Å². The molecule has 6 nitrogen and oxygen atoms in total. The highest BCUT2D eigenvalue weighted by molar-refractivity contribution is 6.30. The van der Waals surface area contributed by atoms with E-state index in [4.69, 9.17) is 16.6 Å². The predicted molar refractivity (Wildman–Crippen MR) is 123 cm³/mol. The molecule has 7 heteroatoms. The van der Waals surface area contributed by atoms with Crippen LogP contribution in [0.25, 0.3) is 5.69 Å². The molecule has 1 aliphatic heterocycles. The highest BCUT2D eigenvalue weighted by atomic mass is 35.5. The van der Waals surface area contributed by atoms with Crippen LogP contribution in [-0.4, -0.2) is 52.4 Å². The van der Waals surface area contributed by atoms with E-state index >= 15 is 0 Å². The van der Waals surface area contributed by atoms with Gasteiger partial charge in [-0.2, -0.15) is 5.10 Å². The first-order valence-electron chi connectivity index (χ1n) is 11.3. The van der Waals surface area contributed by atoms with Gasteiger partial charge < -0.3 is 15.5 Å². The van der Waals surface area contributed by atoms with Crippen LogP contribution >= 0.6 is 11.6 Å². The molecule has 4 rings (SSSR count). The molecule has 162 valence electrons. The molecule has 1 aromatic heterocycles. The van der Waals surface area contributed by atoms with Gasteiger partial charge in [0.1, 0.15) is 0 Å². The van der Waals surface area contributed by atoms with E-state index in [0.29, 0.717) is 12.6 Å². The normalized spacial score (nSPS) is 19.3. The van der Waals surface area contributed by atoms with E-state index in [1.807, 2.05) is 41.3 Å². The molecule has 2 aromatic rings. The summed E-state index contributed by atoms with van der Waals surface area (Å²) in [5.41, 5.74) is 2.08. The summed E-state index contributed by atoms with van der Waals surface area (Å²) in [7, 11) is 0. The van der Waals surface area contributed by atoms with Gasteiger partial charge in [0.15, 0.2) is 5.96 Å². The maximum absolute atomic E-state index is 5.98. The SMILES string of the molecule is CCNC(=NCc1cnn(-c2ccc(Cl)cc2)c1)NC1CCN(C2CCCC2)CC1. The number of guanidine groups is 1. The minimum Gasteiger partial charge on any atom is -0.357 e.